The zero-order chi connectivity index (χ0) is 17.1. The predicted octanol–water partition coefficient (Wildman–Crippen LogP) is 3.57. The van der Waals surface area contributed by atoms with Gasteiger partial charge in [-0.05, 0) is 18.2 Å². The molecular formula is C17H18FN3O2S. The van der Waals surface area contributed by atoms with Crippen LogP contribution in [0.5, 0.6) is 0 Å². The number of hydrogen-bond donors (Lipinski definition) is 0. The Morgan fingerprint density at radius 3 is 2.79 bits per heavy atom. The maximum Gasteiger partial charge on any atom is 0.181 e. The van der Waals surface area contributed by atoms with E-state index in [0.29, 0.717) is 17.1 Å². The van der Waals surface area contributed by atoms with Crippen molar-refractivity contribution in [1.82, 2.24) is 14.8 Å². The molecule has 1 atom stereocenters. The van der Waals surface area contributed by atoms with Crippen molar-refractivity contribution in [3.8, 4) is 5.69 Å². The van der Waals surface area contributed by atoms with Crippen molar-refractivity contribution >= 4 is 10.8 Å². The van der Waals surface area contributed by atoms with Crippen molar-refractivity contribution < 1.29 is 13.0 Å². The zero-order valence-corrected chi connectivity index (χ0v) is 14.3. The third-order valence-electron chi connectivity index (χ3n) is 3.55. The van der Waals surface area contributed by atoms with Crippen LogP contribution in [0.1, 0.15) is 36.9 Å². The number of para-hydroxylation sites is 1. The first-order valence-corrected chi connectivity index (χ1v) is 9.10. The number of aromatic nitrogens is 3. The van der Waals surface area contributed by atoms with Gasteiger partial charge in [0.1, 0.15) is 17.3 Å². The van der Waals surface area contributed by atoms with Gasteiger partial charge >= 0.3 is 0 Å². The summed E-state index contributed by atoms with van der Waals surface area (Å²) in [6, 6.07) is 8.15. The van der Waals surface area contributed by atoms with E-state index in [1.54, 1.807) is 30.5 Å². The summed E-state index contributed by atoms with van der Waals surface area (Å²) in [7, 11) is -1.17. The summed E-state index contributed by atoms with van der Waals surface area (Å²) >= 11 is 0. The molecule has 0 aliphatic heterocycles. The topological polar surface area (TPSA) is 60.9 Å². The molecule has 126 valence electrons. The van der Waals surface area contributed by atoms with Gasteiger partial charge in [-0.2, -0.15) is 5.10 Å². The Bertz CT molecular complexity index is 857. The molecule has 3 aromatic rings. The molecule has 0 saturated heterocycles. The molecule has 1 unspecified atom stereocenters. The lowest BCUT2D eigenvalue weighted by Gasteiger charge is -2.04. The van der Waals surface area contributed by atoms with Crippen molar-refractivity contribution in [2.24, 2.45) is 0 Å². The van der Waals surface area contributed by atoms with E-state index in [1.165, 1.54) is 17.1 Å². The second kappa shape index (κ2) is 7.09. The van der Waals surface area contributed by atoms with Crippen LogP contribution in [0, 0.1) is 5.82 Å². The minimum atomic E-state index is -1.17. The van der Waals surface area contributed by atoms with Gasteiger partial charge in [-0.25, -0.2) is 14.1 Å². The third kappa shape index (κ3) is 3.62. The minimum Gasteiger partial charge on any atom is -0.448 e. The molecule has 5 nitrogen and oxygen atoms in total. The molecule has 0 bridgehead atoms. The van der Waals surface area contributed by atoms with Crippen LogP contribution in [-0.2, 0) is 22.3 Å². The molecule has 2 heterocycles. The van der Waals surface area contributed by atoms with E-state index in [-0.39, 0.29) is 17.5 Å². The lowest BCUT2D eigenvalue weighted by atomic mass is 10.1. The van der Waals surface area contributed by atoms with Crippen molar-refractivity contribution in [2.75, 3.05) is 0 Å². The molecule has 0 aliphatic carbocycles. The fraction of sp³-hybridized carbons (Fsp3) is 0.294. The molecule has 0 amide bonds. The number of oxazole rings is 1. The normalized spacial score (nSPS) is 12.7. The van der Waals surface area contributed by atoms with Crippen molar-refractivity contribution in [2.45, 2.75) is 31.3 Å². The van der Waals surface area contributed by atoms with Crippen LogP contribution >= 0.6 is 0 Å². The van der Waals surface area contributed by atoms with Crippen molar-refractivity contribution in [1.29, 1.82) is 0 Å². The van der Waals surface area contributed by atoms with E-state index in [9.17, 15) is 8.60 Å². The molecular weight excluding hydrogens is 329 g/mol. The van der Waals surface area contributed by atoms with Gasteiger partial charge in [-0.15, -0.1) is 0 Å². The SMILES string of the molecule is CC(C)c1ocnc1CS(=O)Cc1ccn(-c2ccccc2F)n1. The molecule has 0 spiro atoms. The van der Waals surface area contributed by atoms with Gasteiger partial charge in [0.25, 0.3) is 0 Å². The molecule has 24 heavy (non-hydrogen) atoms. The van der Waals surface area contributed by atoms with Gasteiger partial charge in [-0.3, -0.25) is 4.21 Å². The monoisotopic (exact) mass is 347 g/mol. The summed E-state index contributed by atoms with van der Waals surface area (Å²) in [5.74, 6) is 1.21. The molecule has 0 N–H and O–H groups in total. The maximum atomic E-state index is 13.8. The summed E-state index contributed by atoms with van der Waals surface area (Å²) in [4.78, 5) is 4.15. The van der Waals surface area contributed by atoms with E-state index in [4.69, 9.17) is 4.42 Å². The van der Waals surface area contributed by atoms with Gasteiger partial charge in [-0.1, -0.05) is 26.0 Å². The fourth-order valence-electron chi connectivity index (χ4n) is 2.43. The van der Waals surface area contributed by atoms with Gasteiger partial charge < -0.3 is 4.42 Å². The maximum absolute atomic E-state index is 13.8. The number of benzene rings is 1. The summed E-state index contributed by atoms with van der Waals surface area (Å²) in [6.07, 6.45) is 3.05. The van der Waals surface area contributed by atoms with E-state index in [2.05, 4.69) is 10.1 Å². The third-order valence-corrected chi connectivity index (χ3v) is 4.76. The van der Waals surface area contributed by atoms with Crippen LogP contribution < -0.4 is 0 Å². The quantitative estimate of drug-likeness (QED) is 0.684. The Balaban J connectivity index is 1.70. The second-order valence-electron chi connectivity index (χ2n) is 5.75. The Morgan fingerprint density at radius 2 is 2.04 bits per heavy atom. The van der Waals surface area contributed by atoms with E-state index in [1.807, 2.05) is 13.8 Å². The Morgan fingerprint density at radius 1 is 1.25 bits per heavy atom. The lowest BCUT2D eigenvalue weighted by molar-refractivity contribution is 0.480. The zero-order valence-electron chi connectivity index (χ0n) is 13.5. The average molecular weight is 347 g/mol. The first-order chi connectivity index (χ1) is 11.5. The summed E-state index contributed by atoms with van der Waals surface area (Å²) < 4.78 is 33.0. The minimum absolute atomic E-state index is 0.194. The number of rotatable bonds is 6. The second-order valence-corrected chi connectivity index (χ2v) is 7.21. The summed E-state index contributed by atoms with van der Waals surface area (Å²) in [5, 5.41) is 4.31. The van der Waals surface area contributed by atoms with Crippen molar-refractivity contribution in [3.05, 3.63) is 65.9 Å². The largest absolute Gasteiger partial charge is 0.448 e. The smallest absolute Gasteiger partial charge is 0.181 e. The summed E-state index contributed by atoms with van der Waals surface area (Å²) in [5.41, 5.74) is 1.73. The predicted molar refractivity (Wildman–Crippen MR) is 89.7 cm³/mol. The van der Waals surface area contributed by atoms with Crippen LogP contribution in [0.25, 0.3) is 5.69 Å². The Kier molecular flexibility index (Phi) is 4.89. The summed E-state index contributed by atoms with van der Waals surface area (Å²) in [6.45, 7) is 4.01. The van der Waals surface area contributed by atoms with Crippen LogP contribution in [-0.4, -0.2) is 19.0 Å². The molecule has 0 aliphatic rings. The first-order valence-electron chi connectivity index (χ1n) is 7.61. The molecule has 0 radical (unpaired) electrons. The standard InChI is InChI=1S/C17H18FN3O2S/c1-12(2)17-15(19-11-23-17)10-24(22)9-13-7-8-21(20-13)16-6-4-3-5-14(16)18/h3-8,11-12H,9-10H2,1-2H3. The van der Waals surface area contributed by atoms with Gasteiger partial charge in [0.15, 0.2) is 6.39 Å². The molecule has 0 saturated carbocycles. The van der Waals surface area contributed by atoms with E-state index >= 15 is 0 Å². The number of nitrogens with zero attached hydrogens (tertiary/aromatic N) is 3. The van der Waals surface area contributed by atoms with Gasteiger partial charge in [0, 0.05) is 22.9 Å². The number of halogens is 1. The average Bonchev–Trinajstić information content (AvgIpc) is 3.17. The molecule has 7 heteroatoms. The van der Waals surface area contributed by atoms with Crippen LogP contribution in [0.4, 0.5) is 4.39 Å². The van der Waals surface area contributed by atoms with Crippen LogP contribution in [0.3, 0.4) is 0 Å². The van der Waals surface area contributed by atoms with Crippen molar-refractivity contribution in [3.63, 3.8) is 0 Å². The lowest BCUT2D eigenvalue weighted by Crippen LogP contribution is -2.04. The van der Waals surface area contributed by atoms with Gasteiger partial charge in [0.05, 0.1) is 22.9 Å². The molecule has 2 aromatic heterocycles. The molecule has 0 fully saturated rings. The highest BCUT2D eigenvalue weighted by Gasteiger charge is 2.16. The highest BCUT2D eigenvalue weighted by molar-refractivity contribution is 7.83. The molecule has 3 rings (SSSR count). The highest BCUT2D eigenvalue weighted by atomic mass is 32.2. The van der Waals surface area contributed by atoms with Crippen LogP contribution in [0.15, 0.2) is 47.3 Å². The fourth-order valence-corrected chi connectivity index (χ4v) is 3.54. The first kappa shape index (κ1) is 16.6. The van der Waals surface area contributed by atoms with E-state index in [0.717, 1.165) is 11.5 Å². The Hall–Kier alpha value is -2.28. The Labute approximate surface area is 142 Å². The van der Waals surface area contributed by atoms with Gasteiger partial charge in [0.2, 0.25) is 0 Å². The van der Waals surface area contributed by atoms with E-state index < -0.39 is 10.8 Å². The molecule has 1 aromatic carbocycles. The van der Waals surface area contributed by atoms with Crippen LogP contribution in [0.2, 0.25) is 0 Å². The highest BCUT2D eigenvalue weighted by Crippen LogP contribution is 2.20. The number of hydrogen-bond acceptors (Lipinski definition) is 4.